The summed E-state index contributed by atoms with van der Waals surface area (Å²) in [4.78, 5) is 4.10. The van der Waals surface area contributed by atoms with Gasteiger partial charge in [-0.15, -0.1) is 24.0 Å². The second kappa shape index (κ2) is 8.32. The van der Waals surface area contributed by atoms with Gasteiger partial charge < -0.3 is 10.6 Å². The molecule has 1 aromatic rings. The van der Waals surface area contributed by atoms with Crippen molar-refractivity contribution in [2.24, 2.45) is 12.0 Å². The number of rotatable bonds is 4. The standard InChI is InChI=1S/C11H18F3N5.HI/c1-4-15-10(16-5-2)17-6-8-7-19(3)18-9(8)11(12,13)14;/h7H,4-6H2,1-3H3,(H2,15,16,17);1H. The van der Waals surface area contributed by atoms with Crippen LogP contribution in [0.15, 0.2) is 11.2 Å². The van der Waals surface area contributed by atoms with E-state index < -0.39 is 11.9 Å². The average Bonchev–Trinajstić information content (AvgIpc) is 2.68. The van der Waals surface area contributed by atoms with Crippen LogP contribution in [0.5, 0.6) is 0 Å². The van der Waals surface area contributed by atoms with Crippen molar-refractivity contribution in [2.75, 3.05) is 13.1 Å². The summed E-state index contributed by atoms with van der Waals surface area (Å²) in [6, 6.07) is 0. The molecule has 0 amide bonds. The summed E-state index contributed by atoms with van der Waals surface area (Å²) in [5.74, 6) is 0.488. The molecule has 0 unspecified atom stereocenters. The molecule has 5 nitrogen and oxygen atoms in total. The van der Waals surface area contributed by atoms with Crippen molar-refractivity contribution in [1.82, 2.24) is 20.4 Å². The van der Waals surface area contributed by atoms with Crippen molar-refractivity contribution >= 4 is 29.9 Å². The number of nitrogens with one attached hydrogen (secondary N) is 2. The summed E-state index contributed by atoms with van der Waals surface area (Å²) >= 11 is 0. The van der Waals surface area contributed by atoms with E-state index in [-0.39, 0.29) is 36.1 Å². The van der Waals surface area contributed by atoms with Gasteiger partial charge in [0.2, 0.25) is 0 Å². The molecule has 116 valence electrons. The average molecular weight is 405 g/mol. The molecule has 2 N–H and O–H groups in total. The summed E-state index contributed by atoms with van der Waals surface area (Å²) in [6.07, 6.45) is -3.12. The second-order valence-corrected chi connectivity index (χ2v) is 3.90. The molecule has 9 heteroatoms. The predicted octanol–water partition coefficient (Wildman–Crippen LogP) is 2.13. The Morgan fingerprint density at radius 3 is 2.30 bits per heavy atom. The SMILES string of the molecule is CCNC(=NCc1cn(C)nc1C(F)(F)F)NCC.I. The molecule has 0 saturated heterocycles. The minimum absolute atomic E-state index is 0. The first-order valence-electron chi connectivity index (χ1n) is 6.00. The lowest BCUT2D eigenvalue weighted by Gasteiger charge is -2.09. The Labute approximate surface area is 133 Å². The maximum absolute atomic E-state index is 12.7. The molecule has 1 heterocycles. The number of nitrogens with zero attached hydrogens (tertiary/aromatic N) is 3. The van der Waals surface area contributed by atoms with Crippen molar-refractivity contribution < 1.29 is 13.2 Å². The van der Waals surface area contributed by atoms with Crippen LogP contribution in [-0.2, 0) is 19.8 Å². The van der Waals surface area contributed by atoms with E-state index in [2.05, 4.69) is 20.7 Å². The molecule has 0 atom stereocenters. The van der Waals surface area contributed by atoms with Crippen LogP contribution in [0.1, 0.15) is 25.1 Å². The predicted molar refractivity (Wildman–Crippen MR) is 82.1 cm³/mol. The molecule has 0 aliphatic carbocycles. The van der Waals surface area contributed by atoms with Gasteiger partial charge >= 0.3 is 6.18 Å². The van der Waals surface area contributed by atoms with Gasteiger partial charge in [-0.1, -0.05) is 0 Å². The van der Waals surface area contributed by atoms with Crippen molar-refractivity contribution in [3.05, 3.63) is 17.5 Å². The van der Waals surface area contributed by atoms with E-state index in [1.54, 1.807) is 0 Å². The Kier molecular flexibility index (Phi) is 7.91. The molecule has 0 spiro atoms. The number of aliphatic imine (C=N–C) groups is 1. The molecule has 0 fully saturated rings. The maximum atomic E-state index is 12.7. The van der Waals surface area contributed by atoms with Gasteiger partial charge in [0.15, 0.2) is 11.7 Å². The Bertz CT molecular complexity index is 434. The van der Waals surface area contributed by atoms with E-state index in [0.717, 1.165) is 4.68 Å². The van der Waals surface area contributed by atoms with E-state index in [4.69, 9.17) is 0 Å². The van der Waals surface area contributed by atoms with Crippen LogP contribution >= 0.6 is 24.0 Å². The Morgan fingerprint density at radius 1 is 1.30 bits per heavy atom. The first-order valence-corrected chi connectivity index (χ1v) is 6.00. The Hall–Kier alpha value is -1.00. The number of aromatic nitrogens is 2. The van der Waals surface area contributed by atoms with E-state index in [0.29, 0.717) is 19.0 Å². The number of alkyl halides is 3. The van der Waals surface area contributed by atoms with Gasteiger partial charge in [0.05, 0.1) is 6.54 Å². The quantitative estimate of drug-likeness (QED) is 0.459. The van der Waals surface area contributed by atoms with Crippen LogP contribution in [0.3, 0.4) is 0 Å². The van der Waals surface area contributed by atoms with Crippen molar-refractivity contribution in [1.29, 1.82) is 0 Å². The number of hydrogen-bond acceptors (Lipinski definition) is 2. The molecule has 20 heavy (non-hydrogen) atoms. The molecule has 0 aliphatic rings. The van der Waals surface area contributed by atoms with Crippen LogP contribution in [0.4, 0.5) is 13.2 Å². The Morgan fingerprint density at radius 2 is 1.85 bits per heavy atom. The second-order valence-electron chi connectivity index (χ2n) is 3.90. The van der Waals surface area contributed by atoms with Crippen LogP contribution in [0.25, 0.3) is 0 Å². The fourth-order valence-corrected chi connectivity index (χ4v) is 1.57. The lowest BCUT2D eigenvalue weighted by molar-refractivity contribution is -0.142. The summed E-state index contributed by atoms with van der Waals surface area (Å²) in [5.41, 5.74) is -0.825. The third-order valence-corrected chi connectivity index (χ3v) is 2.27. The zero-order valence-corrected chi connectivity index (χ0v) is 13.9. The summed E-state index contributed by atoms with van der Waals surface area (Å²) in [6.45, 7) is 4.99. The minimum Gasteiger partial charge on any atom is -0.357 e. The zero-order chi connectivity index (χ0) is 14.5. The molecule has 0 radical (unpaired) electrons. The smallest absolute Gasteiger partial charge is 0.357 e. The fraction of sp³-hybridized carbons (Fsp3) is 0.636. The summed E-state index contributed by atoms with van der Waals surface area (Å²) in [5, 5.41) is 9.33. The van der Waals surface area contributed by atoms with Gasteiger partial charge in [0.25, 0.3) is 0 Å². The Balaban J connectivity index is 0.00000361. The molecular weight excluding hydrogens is 386 g/mol. The maximum Gasteiger partial charge on any atom is 0.435 e. The van der Waals surface area contributed by atoms with E-state index in [9.17, 15) is 13.2 Å². The highest BCUT2D eigenvalue weighted by molar-refractivity contribution is 14.0. The third-order valence-electron chi connectivity index (χ3n) is 2.27. The molecule has 0 aliphatic heterocycles. The third kappa shape index (κ3) is 5.55. The molecule has 0 aromatic carbocycles. The minimum atomic E-state index is -4.46. The van der Waals surface area contributed by atoms with Gasteiger partial charge in [-0.25, -0.2) is 4.99 Å². The van der Waals surface area contributed by atoms with Crippen molar-refractivity contribution in [3.8, 4) is 0 Å². The highest BCUT2D eigenvalue weighted by Gasteiger charge is 2.36. The number of halogens is 4. The van der Waals surface area contributed by atoms with E-state index in [1.165, 1.54) is 13.2 Å². The zero-order valence-electron chi connectivity index (χ0n) is 11.6. The van der Waals surface area contributed by atoms with Crippen LogP contribution in [-0.4, -0.2) is 28.8 Å². The number of aryl methyl sites for hydroxylation is 1. The van der Waals surface area contributed by atoms with E-state index >= 15 is 0 Å². The van der Waals surface area contributed by atoms with E-state index in [1.807, 2.05) is 13.8 Å². The summed E-state index contributed by atoms with van der Waals surface area (Å²) < 4.78 is 39.3. The fourth-order valence-electron chi connectivity index (χ4n) is 1.57. The molecule has 1 rings (SSSR count). The van der Waals surface area contributed by atoms with Gasteiger partial charge in [0.1, 0.15) is 0 Å². The van der Waals surface area contributed by atoms with Gasteiger partial charge in [-0.3, -0.25) is 4.68 Å². The topological polar surface area (TPSA) is 54.2 Å². The van der Waals surface area contributed by atoms with Crippen molar-refractivity contribution in [2.45, 2.75) is 26.6 Å². The van der Waals surface area contributed by atoms with Gasteiger partial charge in [-0.05, 0) is 13.8 Å². The van der Waals surface area contributed by atoms with Gasteiger partial charge in [0, 0.05) is 31.9 Å². The monoisotopic (exact) mass is 405 g/mol. The van der Waals surface area contributed by atoms with Crippen LogP contribution < -0.4 is 10.6 Å². The highest BCUT2D eigenvalue weighted by Crippen LogP contribution is 2.30. The van der Waals surface area contributed by atoms with Crippen molar-refractivity contribution in [3.63, 3.8) is 0 Å². The first-order chi connectivity index (χ1) is 8.88. The molecular formula is C11H19F3IN5. The van der Waals surface area contributed by atoms with Crippen LogP contribution in [0.2, 0.25) is 0 Å². The highest BCUT2D eigenvalue weighted by atomic mass is 127. The summed E-state index contributed by atoms with van der Waals surface area (Å²) in [7, 11) is 1.46. The lowest BCUT2D eigenvalue weighted by Crippen LogP contribution is -2.37. The van der Waals surface area contributed by atoms with Crippen LogP contribution in [0, 0.1) is 0 Å². The first kappa shape index (κ1) is 19.0. The number of hydrogen-bond donors (Lipinski definition) is 2. The molecule has 0 saturated carbocycles. The normalized spacial score (nSPS) is 10.7. The number of guanidine groups is 1. The largest absolute Gasteiger partial charge is 0.435 e. The van der Waals surface area contributed by atoms with Gasteiger partial charge in [-0.2, -0.15) is 18.3 Å². The lowest BCUT2D eigenvalue weighted by atomic mass is 10.2. The molecule has 0 bridgehead atoms. The molecule has 1 aromatic heterocycles.